The molecule has 0 spiro atoms. The van der Waals surface area contributed by atoms with Crippen LogP contribution in [0.4, 0.5) is 0 Å². The highest BCUT2D eigenvalue weighted by molar-refractivity contribution is 6.31. The lowest BCUT2D eigenvalue weighted by molar-refractivity contribution is 0.163. The number of hydrogen-bond donors (Lipinski definition) is 1. The number of nitrogens with one attached hydrogen (secondary N) is 1. The lowest BCUT2D eigenvalue weighted by atomic mass is 9.98. The van der Waals surface area contributed by atoms with Gasteiger partial charge in [0.25, 0.3) is 0 Å². The van der Waals surface area contributed by atoms with Crippen molar-refractivity contribution in [1.29, 1.82) is 0 Å². The van der Waals surface area contributed by atoms with Crippen LogP contribution >= 0.6 is 11.6 Å². The highest BCUT2D eigenvalue weighted by atomic mass is 35.5. The summed E-state index contributed by atoms with van der Waals surface area (Å²) in [7, 11) is 2.04. The molecule has 1 aromatic rings. The molecule has 0 radical (unpaired) electrons. The molecule has 1 aromatic heterocycles. The third kappa shape index (κ3) is 3.54. The number of piperidine rings is 1. The minimum Gasteiger partial charge on any atom is -0.319 e. The molecule has 1 saturated heterocycles. The van der Waals surface area contributed by atoms with E-state index < -0.39 is 0 Å². The molecule has 20 heavy (non-hydrogen) atoms. The molecule has 2 rings (SSSR count). The van der Waals surface area contributed by atoms with Crippen molar-refractivity contribution in [3.63, 3.8) is 0 Å². The van der Waals surface area contributed by atoms with Crippen molar-refractivity contribution in [1.82, 2.24) is 20.0 Å². The van der Waals surface area contributed by atoms with Gasteiger partial charge in [-0.05, 0) is 52.2 Å². The number of aromatic nitrogens is 2. The summed E-state index contributed by atoms with van der Waals surface area (Å²) in [5.74, 6) is 0.760. The molecule has 1 atom stereocenters. The number of aryl methyl sites for hydroxylation is 2. The third-order valence-corrected chi connectivity index (χ3v) is 4.60. The van der Waals surface area contributed by atoms with Gasteiger partial charge in [-0.2, -0.15) is 5.10 Å². The van der Waals surface area contributed by atoms with Crippen LogP contribution in [0.2, 0.25) is 5.02 Å². The topological polar surface area (TPSA) is 33.1 Å². The van der Waals surface area contributed by atoms with Gasteiger partial charge in [-0.3, -0.25) is 9.58 Å². The van der Waals surface area contributed by atoms with Gasteiger partial charge in [0.1, 0.15) is 0 Å². The molecule has 1 aliphatic heterocycles. The molecule has 5 heteroatoms. The molecule has 1 N–H and O–H groups in total. The van der Waals surface area contributed by atoms with Gasteiger partial charge in [0.2, 0.25) is 0 Å². The van der Waals surface area contributed by atoms with E-state index in [4.69, 9.17) is 11.6 Å². The standard InChI is InChI=1S/C15H27ClN4/c1-4-13-15(16)14(20(5-2)18-13)11-19-8-6-7-12(10-19)9-17-3/h12,17H,4-11H2,1-3H3. The number of rotatable bonds is 6. The van der Waals surface area contributed by atoms with Gasteiger partial charge in [-0.15, -0.1) is 0 Å². The van der Waals surface area contributed by atoms with Crippen LogP contribution < -0.4 is 5.32 Å². The Morgan fingerprint density at radius 1 is 1.40 bits per heavy atom. The molecule has 1 fully saturated rings. The van der Waals surface area contributed by atoms with E-state index in [9.17, 15) is 0 Å². The van der Waals surface area contributed by atoms with Crippen molar-refractivity contribution in [2.24, 2.45) is 5.92 Å². The number of nitrogens with zero attached hydrogens (tertiary/aromatic N) is 3. The maximum atomic E-state index is 6.50. The molecule has 1 unspecified atom stereocenters. The Morgan fingerprint density at radius 2 is 2.20 bits per heavy atom. The van der Waals surface area contributed by atoms with Crippen LogP contribution in [0.3, 0.4) is 0 Å². The highest BCUT2D eigenvalue weighted by Gasteiger charge is 2.22. The average molecular weight is 299 g/mol. The average Bonchev–Trinajstić information content (AvgIpc) is 2.76. The summed E-state index contributed by atoms with van der Waals surface area (Å²) in [6.07, 6.45) is 3.52. The zero-order valence-electron chi connectivity index (χ0n) is 13.0. The Hall–Kier alpha value is -0.580. The maximum Gasteiger partial charge on any atom is 0.0863 e. The van der Waals surface area contributed by atoms with Crippen molar-refractivity contribution >= 4 is 11.6 Å². The minimum atomic E-state index is 0.760. The van der Waals surface area contributed by atoms with E-state index in [1.807, 2.05) is 7.05 Å². The van der Waals surface area contributed by atoms with Crippen molar-refractivity contribution in [3.8, 4) is 0 Å². The third-order valence-electron chi connectivity index (χ3n) is 4.16. The summed E-state index contributed by atoms with van der Waals surface area (Å²) < 4.78 is 2.07. The summed E-state index contributed by atoms with van der Waals surface area (Å²) in [6.45, 7) is 9.51. The molecule has 0 aromatic carbocycles. The van der Waals surface area contributed by atoms with Crippen LogP contribution in [0.5, 0.6) is 0 Å². The Kier molecular flexibility index (Phi) is 5.87. The summed E-state index contributed by atoms with van der Waals surface area (Å²) in [5, 5.41) is 8.79. The number of hydrogen-bond acceptors (Lipinski definition) is 3. The van der Waals surface area contributed by atoms with Crippen LogP contribution in [0.1, 0.15) is 38.1 Å². The zero-order valence-corrected chi connectivity index (χ0v) is 13.7. The van der Waals surface area contributed by atoms with Crippen LogP contribution in [-0.4, -0.2) is 41.4 Å². The maximum absolute atomic E-state index is 6.50. The second kappa shape index (κ2) is 7.43. The van der Waals surface area contributed by atoms with Crippen LogP contribution in [0.25, 0.3) is 0 Å². The molecule has 4 nitrogen and oxygen atoms in total. The van der Waals surface area contributed by atoms with Crippen molar-refractivity contribution < 1.29 is 0 Å². The second-order valence-electron chi connectivity index (χ2n) is 5.68. The lowest BCUT2D eigenvalue weighted by Crippen LogP contribution is -2.39. The highest BCUT2D eigenvalue weighted by Crippen LogP contribution is 2.25. The quantitative estimate of drug-likeness (QED) is 0.876. The number of halogens is 1. The van der Waals surface area contributed by atoms with Gasteiger partial charge in [-0.1, -0.05) is 18.5 Å². The van der Waals surface area contributed by atoms with E-state index in [1.54, 1.807) is 0 Å². The van der Waals surface area contributed by atoms with E-state index in [1.165, 1.54) is 25.1 Å². The molecular formula is C15H27ClN4. The fraction of sp³-hybridized carbons (Fsp3) is 0.800. The summed E-state index contributed by atoms with van der Waals surface area (Å²) in [6, 6.07) is 0. The fourth-order valence-electron chi connectivity index (χ4n) is 3.13. The van der Waals surface area contributed by atoms with E-state index in [0.717, 1.165) is 49.2 Å². The van der Waals surface area contributed by atoms with Crippen LogP contribution in [0, 0.1) is 5.92 Å². The first-order valence-electron chi connectivity index (χ1n) is 7.80. The van der Waals surface area contributed by atoms with Gasteiger partial charge in [-0.25, -0.2) is 0 Å². The van der Waals surface area contributed by atoms with Gasteiger partial charge < -0.3 is 5.32 Å². The Morgan fingerprint density at radius 3 is 2.85 bits per heavy atom. The smallest absolute Gasteiger partial charge is 0.0863 e. The predicted octanol–water partition coefficient (Wildman–Crippen LogP) is 2.55. The molecule has 0 amide bonds. The van der Waals surface area contributed by atoms with Crippen molar-refractivity contribution in [2.45, 2.75) is 46.2 Å². The van der Waals surface area contributed by atoms with E-state index in [0.29, 0.717) is 0 Å². The lowest BCUT2D eigenvalue weighted by Gasteiger charge is -2.32. The summed E-state index contributed by atoms with van der Waals surface area (Å²) in [5.41, 5.74) is 2.23. The normalized spacial score (nSPS) is 20.5. The van der Waals surface area contributed by atoms with Gasteiger partial charge >= 0.3 is 0 Å². The van der Waals surface area contributed by atoms with Gasteiger partial charge in [0.05, 0.1) is 16.4 Å². The zero-order chi connectivity index (χ0) is 14.5. The second-order valence-corrected chi connectivity index (χ2v) is 6.06. The molecule has 0 aliphatic carbocycles. The summed E-state index contributed by atoms with van der Waals surface area (Å²) in [4.78, 5) is 2.53. The first kappa shape index (κ1) is 15.8. The Labute approximate surface area is 127 Å². The molecule has 0 saturated carbocycles. The fourth-order valence-corrected chi connectivity index (χ4v) is 3.46. The van der Waals surface area contributed by atoms with E-state index >= 15 is 0 Å². The first-order chi connectivity index (χ1) is 9.69. The van der Waals surface area contributed by atoms with Gasteiger partial charge in [0.15, 0.2) is 0 Å². The monoisotopic (exact) mass is 298 g/mol. The van der Waals surface area contributed by atoms with Gasteiger partial charge in [0, 0.05) is 19.6 Å². The molecule has 2 heterocycles. The van der Waals surface area contributed by atoms with Crippen LogP contribution in [-0.2, 0) is 19.5 Å². The largest absolute Gasteiger partial charge is 0.319 e. The summed E-state index contributed by atoms with van der Waals surface area (Å²) >= 11 is 6.50. The molecular weight excluding hydrogens is 272 g/mol. The van der Waals surface area contributed by atoms with E-state index in [-0.39, 0.29) is 0 Å². The van der Waals surface area contributed by atoms with E-state index in [2.05, 4.69) is 33.8 Å². The predicted molar refractivity (Wildman–Crippen MR) is 84.2 cm³/mol. The minimum absolute atomic E-state index is 0.760. The van der Waals surface area contributed by atoms with Crippen molar-refractivity contribution in [2.75, 3.05) is 26.7 Å². The Bertz CT molecular complexity index is 428. The first-order valence-corrected chi connectivity index (χ1v) is 8.18. The van der Waals surface area contributed by atoms with Crippen LogP contribution in [0.15, 0.2) is 0 Å². The SMILES string of the molecule is CCc1nn(CC)c(CN2CCCC(CNC)C2)c1Cl. The Balaban J connectivity index is 2.07. The number of likely N-dealkylation sites (tertiary alicyclic amines) is 1. The molecule has 1 aliphatic rings. The molecule has 0 bridgehead atoms. The molecule has 114 valence electrons. The van der Waals surface area contributed by atoms with Crippen molar-refractivity contribution in [3.05, 3.63) is 16.4 Å².